The van der Waals surface area contributed by atoms with E-state index in [2.05, 4.69) is 15.3 Å². The highest BCUT2D eigenvalue weighted by Crippen LogP contribution is 2.44. The second-order valence-electron chi connectivity index (χ2n) is 5.70. The second kappa shape index (κ2) is 6.22. The van der Waals surface area contributed by atoms with Crippen molar-refractivity contribution in [3.05, 3.63) is 47.5 Å². The molecule has 0 saturated carbocycles. The molecule has 1 amide bonds. The molecule has 3 rings (SSSR count). The number of aromatic nitrogens is 2. The van der Waals surface area contributed by atoms with Crippen LogP contribution in [-0.4, -0.2) is 30.0 Å². The Bertz CT molecular complexity index is 1000. The Morgan fingerprint density at radius 1 is 1.15 bits per heavy atom. The Hall–Kier alpha value is -2.63. The third-order valence-corrected chi connectivity index (χ3v) is 5.62. The quantitative estimate of drug-likeness (QED) is 0.774. The van der Waals surface area contributed by atoms with Gasteiger partial charge in [0.15, 0.2) is 9.84 Å². The van der Waals surface area contributed by atoms with Crippen LogP contribution >= 0.6 is 0 Å². The number of fused-ring (bicyclic) bond motifs is 1. The topological polar surface area (TPSA) is 89.0 Å². The number of alkyl halides is 5. The number of nitrogens with one attached hydrogen (secondary N) is 1. The van der Waals surface area contributed by atoms with Crippen molar-refractivity contribution in [2.45, 2.75) is 23.4 Å². The number of benzene rings is 1. The van der Waals surface area contributed by atoms with E-state index in [0.29, 0.717) is 12.4 Å². The van der Waals surface area contributed by atoms with E-state index in [9.17, 15) is 35.2 Å². The Kier molecular flexibility index (Phi) is 4.41. The van der Waals surface area contributed by atoms with Crippen LogP contribution in [0.2, 0.25) is 0 Å². The third-order valence-electron chi connectivity index (χ3n) is 3.82. The van der Waals surface area contributed by atoms with E-state index in [4.69, 9.17) is 0 Å². The van der Waals surface area contributed by atoms with Gasteiger partial charge in [-0.25, -0.2) is 27.2 Å². The summed E-state index contributed by atoms with van der Waals surface area (Å²) in [4.78, 5) is 17.5. The molecule has 12 heteroatoms. The molecule has 0 bridgehead atoms. The van der Waals surface area contributed by atoms with Crippen LogP contribution in [0, 0.1) is 0 Å². The molecule has 144 valence electrons. The number of carbonyl (C=O) groups is 1. The zero-order valence-electron chi connectivity index (χ0n) is 13.2. The first-order valence-electron chi connectivity index (χ1n) is 7.36. The maximum Gasteiger partial charge on any atom is 0.451 e. The standard InChI is InChI=1S/C15H10F5N3O3S/c16-14(17)4-5-27(25,26)11-9(14)2-1-3-10(11)23-12(24)8-6-21-13(22-7-8)15(18,19)20/h1-3,6-7H,4-5H2,(H,23,24). The van der Waals surface area contributed by atoms with Gasteiger partial charge in [0.25, 0.3) is 11.8 Å². The molecule has 0 fully saturated rings. The molecular formula is C15H10F5N3O3S. The molecule has 1 aliphatic heterocycles. The SMILES string of the molecule is O=C(Nc1cccc2c1S(=O)(=O)CCC2(F)F)c1cnc(C(F)(F)F)nc1. The summed E-state index contributed by atoms with van der Waals surface area (Å²) in [6, 6.07) is 3.20. The van der Waals surface area contributed by atoms with E-state index in [1.165, 1.54) is 0 Å². The summed E-state index contributed by atoms with van der Waals surface area (Å²) < 4.78 is 89.9. The molecule has 6 nitrogen and oxygen atoms in total. The largest absolute Gasteiger partial charge is 0.451 e. The summed E-state index contributed by atoms with van der Waals surface area (Å²) in [6.45, 7) is 0. The summed E-state index contributed by atoms with van der Waals surface area (Å²) in [5.74, 6) is -6.69. The predicted octanol–water partition coefficient (Wildman–Crippen LogP) is 3.02. The van der Waals surface area contributed by atoms with Crippen molar-refractivity contribution in [2.75, 3.05) is 11.1 Å². The summed E-state index contributed by atoms with van der Waals surface area (Å²) in [5, 5.41) is 2.13. The predicted molar refractivity (Wildman–Crippen MR) is 82.0 cm³/mol. The molecule has 1 N–H and O–H groups in total. The number of halogens is 5. The second-order valence-corrected chi connectivity index (χ2v) is 7.75. The van der Waals surface area contributed by atoms with Crippen molar-refractivity contribution in [3.8, 4) is 0 Å². The molecule has 1 aromatic heterocycles. The van der Waals surface area contributed by atoms with Crippen LogP contribution in [-0.2, 0) is 21.9 Å². The lowest BCUT2D eigenvalue weighted by Crippen LogP contribution is -2.29. The minimum Gasteiger partial charge on any atom is -0.321 e. The van der Waals surface area contributed by atoms with Gasteiger partial charge in [-0.3, -0.25) is 4.79 Å². The lowest BCUT2D eigenvalue weighted by molar-refractivity contribution is -0.145. The first kappa shape index (κ1) is 19.1. The summed E-state index contributed by atoms with van der Waals surface area (Å²) in [6.07, 6.45) is -4.48. The first-order valence-corrected chi connectivity index (χ1v) is 9.02. The van der Waals surface area contributed by atoms with Crippen molar-refractivity contribution in [2.24, 2.45) is 0 Å². The zero-order chi connectivity index (χ0) is 20.0. The number of carbonyl (C=O) groups excluding carboxylic acids is 1. The lowest BCUT2D eigenvalue weighted by Gasteiger charge is -2.26. The highest BCUT2D eigenvalue weighted by Gasteiger charge is 2.44. The van der Waals surface area contributed by atoms with Crippen molar-refractivity contribution in [3.63, 3.8) is 0 Å². The van der Waals surface area contributed by atoms with Crippen molar-refractivity contribution >= 4 is 21.4 Å². The van der Waals surface area contributed by atoms with Gasteiger partial charge in [0.2, 0.25) is 5.82 Å². The summed E-state index contributed by atoms with van der Waals surface area (Å²) >= 11 is 0. The Morgan fingerprint density at radius 3 is 2.37 bits per heavy atom. The van der Waals surface area contributed by atoms with E-state index < -0.39 is 67.6 Å². The van der Waals surface area contributed by atoms with Crippen LogP contribution in [0.1, 0.15) is 28.2 Å². The molecule has 0 saturated heterocycles. The van der Waals surface area contributed by atoms with Gasteiger partial charge in [-0.1, -0.05) is 12.1 Å². The Balaban J connectivity index is 1.96. The highest BCUT2D eigenvalue weighted by molar-refractivity contribution is 7.91. The lowest BCUT2D eigenvalue weighted by atomic mass is 10.0. The van der Waals surface area contributed by atoms with Crippen LogP contribution in [0.5, 0.6) is 0 Å². The Labute approximate surface area is 149 Å². The fourth-order valence-corrected chi connectivity index (χ4v) is 4.28. The van der Waals surface area contributed by atoms with Gasteiger partial charge in [-0.15, -0.1) is 0 Å². The van der Waals surface area contributed by atoms with Gasteiger partial charge in [0, 0.05) is 24.4 Å². The van der Waals surface area contributed by atoms with Crippen molar-refractivity contribution in [1.29, 1.82) is 0 Å². The molecule has 0 aliphatic carbocycles. The fourth-order valence-electron chi connectivity index (χ4n) is 2.54. The minimum atomic E-state index is -4.80. The maximum atomic E-state index is 14.0. The van der Waals surface area contributed by atoms with E-state index in [0.717, 1.165) is 18.2 Å². The minimum absolute atomic E-state index is 0.392. The van der Waals surface area contributed by atoms with E-state index in [1.54, 1.807) is 0 Å². The number of amides is 1. The molecule has 0 atom stereocenters. The van der Waals surface area contributed by atoms with E-state index in [1.807, 2.05) is 0 Å². The van der Waals surface area contributed by atoms with Crippen LogP contribution in [0.3, 0.4) is 0 Å². The maximum absolute atomic E-state index is 14.0. The Morgan fingerprint density at radius 2 is 1.78 bits per heavy atom. The van der Waals surface area contributed by atoms with Crippen molar-refractivity contribution in [1.82, 2.24) is 9.97 Å². The average Bonchev–Trinajstić information content (AvgIpc) is 2.58. The normalized spacial score (nSPS) is 17.8. The smallest absolute Gasteiger partial charge is 0.321 e. The molecular weight excluding hydrogens is 397 g/mol. The molecule has 27 heavy (non-hydrogen) atoms. The summed E-state index contributed by atoms with van der Waals surface area (Å²) in [5.41, 5.74) is -1.53. The number of nitrogens with zero attached hydrogens (tertiary/aromatic N) is 2. The first-order chi connectivity index (χ1) is 12.4. The van der Waals surface area contributed by atoms with Gasteiger partial charge in [0.1, 0.15) is 0 Å². The number of hydrogen-bond acceptors (Lipinski definition) is 5. The van der Waals surface area contributed by atoms with Gasteiger partial charge in [-0.2, -0.15) is 13.2 Å². The average molecular weight is 407 g/mol. The number of sulfone groups is 1. The molecule has 2 heterocycles. The fraction of sp³-hybridized carbons (Fsp3) is 0.267. The summed E-state index contributed by atoms with van der Waals surface area (Å²) in [7, 11) is -4.07. The number of hydrogen-bond donors (Lipinski definition) is 1. The molecule has 0 spiro atoms. The van der Waals surface area contributed by atoms with Gasteiger partial charge < -0.3 is 5.32 Å². The van der Waals surface area contributed by atoms with E-state index >= 15 is 0 Å². The van der Waals surface area contributed by atoms with Crippen LogP contribution in [0.4, 0.5) is 27.6 Å². The molecule has 1 aromatic carbocycles. The monoisotopic (exact) mass is 407 g/mol. The molecule has 2 aromatic rings. The molecule has 0 unspecified atom stereocenters. The van der Waals surface area contributed by atoms with Crippen LogP contribution < -0.4 is 5.32 Å². The molecule has 1 aliphatic rings. The number of rotatable bonds is 2. The van der Waals surface area contributed by atoms with E-state index in [-0.39, 0.29) is 0 Å². The van der Waals surface area contributed by atoms with Crippen LogP contribution in [0.25, 0.3) is 0 Å². The van der Waals surface area contributed by atoms with Crippen LogP contribution in [0.15, 0.2) is 35.5 Å². The third kappa shape index (κ3) is 3.61. The van der Waals surface area contributed by atoms with Gasteiger partial charge in [0.05, 0.1) is 21.9 Å². The van der Waals surface area contributed by atoms with Gasteiger partial charge >= 0.3 is 6.18 Å². The molecule has 0 radical (unpaired) electrons. The van der Waals surface area contributed by atoms with Crippen molar-refractivity contribution < 1.29 is 35.2 Å². The van der Waals surface area contributed by atoms with Gasteiger partial charge in [-0.05, 0) is 6.07 Å². The zero-order valence-corrected chi connectivity index (χ0v) is 14.0. The number of anilines is 1. The highest BCUT2D eigenvalue weighted by atomic mass is 32.2.